The SMILES string of the molecule is Cc1nn(Cc2ccccc2Cl)c(C)c1CN(C)C(=O)c1ccc(-n2ccnc2)cc1. The molecule has 0 unspecified atom stereocenters. The van der Waals surface area contributed by atoms with Gasteiger partial charge in [-0.05, 0) is 49.7 Å². The van der Waals surface area contributed by atoms with Crippen molar-refractivity contribution < 1.29 is 4.79 Å². The van der Waals surface area contributed by atoms with Gasteiger partial charge in [0.15, 0.2) is 0 Å². The summed E-state index contributed by atoms with van der Waals surface area (Å²) in [5.74, 6) is -0.0326. The summed E-state index contributed by atoms with van der Waals surface area (Å²) in [4.78, 5) is 18.8. The summed E-state index contributed by atoms with van der Waals surface area (Å²) < 4.78 is 3.85. The summed E-state index contributed by atoms with van der Waals surface area (Å²) in [5.41, 5.74) is 5.63. The Morgan fingerprint density at radius 2 is 1.84 bits per heavy atom. The predicted octanol–water partition coefficient (Wildman–Crippen LogP) is 4.66. The van der Waals surface area contributed by atoms with Crippen LogP contribution in [0.25, 0.3) is 5.69 Å². The van der Waals surface area contributed by atoms with Crippen LogP contribution in [-0.2, 0) is 13.1 Å². The average molecular weight is 434 g/mol. The number of aryl methyl sites for hydroxylation is 1. The van der Waals surface area contributed by atoms with Crippen LogP contribution in [-0.4, -0.2) is 37.2 Å². The standard InChI is InChI=1S/C24H24ClN5O/c1-17-22(18(2)30(27-17)14-20-6-4-5-7-23(20)25)15-28(3)24(31)19-8-10-21(11-9-19)29-13-12-26-16-29/h4-13,16H,14-15H2,1-3H3. The Morgan fingerprint density at radius 3 is 2.52 bits per heavy atom. The Kier molecular flexibility index (Phi) is 5.91. The van der Waals surface area contributed by atoms with Crippen LogP contribution in [0.5, 0.6) is 0 Å². The molecule has 0 aliphatic rings. The molecule has 0 saturated heterocycles. The molecule has 2 aromatic heterocycles. The highest BCUT2D eigenvalue weighted by molar-refractivity contribution is 6.31. The summed E-state index contributed by atoms with van der Waals surface area (Å²) in [6.45, 7) is 5.09. The molecule has 4 aromatic rings. The number of benzene rings is 2. The summed E-state index contributed by atoms with van der Waals surface area (Å²) in [6.07, 6.45) is 5.33. The van der Waals surface area contributed by atoms with Gasteiger partial charge in [0.25, 0.3) is 5.91 Å². The number of carbonyl (C=O) groups excluding carboxylic acids is 1. The Morgan fingerprint density at radius 1 is 1.10 bits per heavy atom. The van der Waals surface area contributed by atoms with E-state index in [1.807, 2.05) is 84.9 Å². The van der Waals surface area contributed by atoms with E-state index in [4.69, 9.17) is 11.6 Å². The Hall–Kier alpha value is -3.38. The molecular formula is C24H24ClN5O. The first kappa shape index (κ1) is 20.9. The van der Waals surface area contributed by atoms with Crippen LogP contribution in [0.3, 0.4) is 0 Å². The Labute approximate surface area is 186 Å². The van der Waals surface area contributed by atoms with Crippen LogP contribution in [0, 0.1) is 13.8 Å². The molecule has 0 aliphatic heterocycles. The molecule has 0 aliphatic carbocycles. The molecule has 0 N–H and O–H groups in total. The molecule has 0 bridgehead atoms. The Balaban J connectivity index is 1.49. The van der Waals surface area contributed by atoms with Gasteiger partial charge < -0.3 is 9.47 Å². The van der Waals surface area contributed by atoms with Gasteiger partial charge in [0.1, 0.15) is 0 Å². The number of carbonyl (C=O) groups is 1. The lowest BCUT2D eigenvalue weighted by Crippen LogP contribution is -2.26. The fourth-order valence-electron chi connectivity index (χ4n) is 3.62. The quantitative estimate of drug-likeness (QED) is 0.444. The van der Waals surface area contributed by atoms with E-state index in [-0.39, 0.29) is 5.91 Å². The molecule has 4 rings (SSSR count). The minimum Gasteiger partial charge on any atom is -0.337 e. The highest BCUT2D eigenvalue weighted by Gasteiger charge is 2.18. The highest BCUT2D eigenvalue weighted by atomic mass is 35.5. The zero-order chi connectivity index (χ0) is 22.0. The average Bonchev–Trinajstić information content (AvgIpc) is 3.40. The van der Waals surface area contributed by atoms with Crippen LogP contribution in [0.4, 0.5) is 0 Å². The van der Waals surface area contributed by atoms with E-state index in [0.29, 0.717) is 18.7 Å². The van der Waals surface area contributed by atoms with E-state index >= 15 is 0 Å². The van der Waals surface area contributed by atoms with Crippen LogP contribution in [0.15, 0.2) is 67.3 Å². The summed E-state index contributed by atoms with van der Waals surface area (Å²) in [6, 6.07) is 15.3. The third kappa shape index (κ3) is 4.39. The molecule has 0 spiro atoms. The summed E-state index contributed by atoms with van der Waals surface area (Å²) >= 11 is 6.31. The second-order valence-corrected chi connectivity index (χ2v) is 7.98. The smallest absolute Gasteiger partial charge is 0.253 e. The topological polar surface area (TPSA) is 56.0 Å². The van der Waals surface area contributed by atoms with Gasteiger partial charge in [-0.2, -0.15) is 5.10 Å². The third-order valence-electron chi connectivity index (χ3n) is 5.47. The van der Waals surface area contributed by atoms with E-state index in [1.54, 1.807) is 17.4 Å². The van der Waals surface area contributed by atoms with Crippen molar-refractivity contribution in [2.75, 3.05) is 7.05 Å². The van der Waals surface area contributed by atoms with Gasteiger partial charge in [0.2, 0.25) is 0 Å². The number of amides is 1. The molecule has 0 radical (unpaired) electrons. The number of nitrogens with zero attached hydrogens (tertiary/aromatic N) is 5. The van der Waals surface area contributed by atoms with E-state index in [9.17, 15) is 4.79 Å². The number of aromatic nitrogens is 4. The van der Waals surface area contributed by atoms with Crippen molar-refractivity contribution in [2.24, 2.45) is 0 Å². The third-order valence-corrected chi connectivity index (χ3v) is 5.84. The fourth-order valence-corrected chi connectivity index (χ4v) is 3.82. The van der Waals surface area contributed by atoms with Crippen molar-refractivity contribution >= 4 is 17.5 Å². The van der Waals surface area contributed by atoms with Crippen LogP contribution >= 0.6 is 11.6 Å². The van der Waals surface area contributed by atoms with Crippen molar-refractivity contribution in [3.05, 3.63) is 100 Å². The number of hydrogen-bond donors (Lipinski definition) is 0. The van der Waals surface area contributed by atoms with Crippen LogP contribution in [0.2, 0.25) is 5.02 Å². The predicted molar refractivity (Wildman–Crippen MR) is 122 cm³/mol. The molecule has 158 valence electrons. The first-order valence-electron chi connectivity index (χ1n) is 10.0. The zero-order valence-electron chi connectivity index (χ0n) is 17.8. The first-order chi connectivity index (χ1) is 14.9. The Bertz CT molecular complexity index is 1200. The number of imidazole rings is 1. The van der Waals surface area contributed by atoms with Crippen molar-refractivity contribution in [2.45, 2.75) is 26.9 Å². The van der Waals surface area contributed by atoms with E-state index in [0.717, 1.165) is 33.2 Å². The van der Waals surface area contributed by atoms with Crippen LogP contribution < -0.4 is 0 Å². The zero-order valence-corrected chi connectivity index (χ0v) is 18.5. The lowest BCUT2D eigenvalue weighted by atomic mass is 10.1. The van der Waals surface area contributed by atoms with Gasteiger partial charge in [-0.3, -0.25) is 9.48 Å². The molecule has 7 heteroatoms. The number of halogens is 1. The van der Waals surface area contributed by atoms with Gasteiger partial charge in [-0.1, -0.05) is 29.8 Å². The van der Waals surface area contributed by atoms with Crippen molar-refractivity contribution in [3.8, 4) is 5.69 Å². The number of hydrogen-bond acceptors (Lipinski definition) is 3. The van der Waals surface area contributed by atoms with Gasteiger partial charge in [0, 0.05) is 53.5 Å². The van der Waals surface area contributed by atoms with Gasteiger partial charge in [0.05, 0.1) is 18.6 Å². The molecule has 2 aromatic carbocycles. The maximum atomic E-state index is 13.0. The van der Waals surface area contributed by atoms with Gasteiger partial charge in [-0.25, -0.2) is 4.98 Å². The minimum atomic E-state index is -0.0326. The van der Waals surface area contributed by atoms with E-state index < -0.39 is 0 Å². The monoisotopic (exact) mass is 433 g/mol. The van der Waals surface area contributed by atoms with E-state index in [1.165, 1.54) is 0 Å². The minimum absolute atomic E-state index is 0.0326. The maximum Gasteiger partial charge on any atom is 0.253 e. The fraction of sp³-hybridized carbons (Fsp3) is 0.208. The molecule has 2 heterocycles. The highest BCUT2D eigenvalue weighted by Crippen LogP contribution is 2.21. The largest absolute Gasteiger partial charge is 0.337 e. The summed E-state index contributed by atoms with van der Waals surface area (Å²) in [5, 5.41) is 5.41. The second-order valence-electron chi connectivity index (χ2n) is 7.58. The number of rotatable bonds is 6. The summed E-state index contributed by atoms with van der Waals surface area (Å²) in [7, 11) is 1.82. The van der Waals surface area contributed by atoms with Gasteiger partial charge in [-0.15, -0.1) is 0 Å². The lowest BCUT2D eigenvalue weighted by molar-refractivity contribution is 0.0784. The molecule has 0 atom stereocenters. The first-order valence-corrected chi connectivity index (χ1v) is 10.4. The van der Waals surface area contributed by atoms with E-state index in [2.05, 4.69) is 10.1 Å². The van der Waals surface area contributed by atoms with Crippen molar-refractivity contribution in [1.29, 1.82) is 0 Å². The molecule has 0 fully saturated rings. The van der Waals surface area contributed by atoms with Crippen LogP contribution in [0.1, 0.15) is 32.9 Å². The molecular weight excluding hydrogens is 410 g/mol. The lowest BCUT2D eigenvalue weighted by Gasteiger charge is -2.18. The molecule has 0 saturated carbocycles. The molecule has 31 heavy (non-hydrogen) atoms. The maximum absolute atomic E-state index is 13.0. The van der Waals surface area contributed by atoms with Crippen molar-refractivity contribution in [3.63, 3.8) is 0 Å². The normalized spacial score (nSPS) is 11.0. The molecule has 6 nitrogen and oxygen atoms in total. The molecule has 1 amide bonds. The van der Waals surface area contributed by atoms with Gasteiger partial charge >= 0.3 is 0 Å². The van der Waals surface area contributed by atoms with Crippen molar-refractivity contribution in [1.82, 2.24) is 24.2 Å². The second kappa shape index (κ2) is 8.78.